The van der Waals surface area contributed by atoms with E-state index in [9.17, 15) is 12.8 Å². The van der Waals surface area contributed by atoms with Crippen molar-refractivity contribution in [2.45, 2.75) is 5.03 Å². The van der Waals surface area contributed by atoms with Gasteiger partial charge in [-0.15, -0.1) is 10.2 Å². The lowest BCUT2D eigenvalue weighted by Crippen LogP contribution is -1.97. The van der Waals surface area contributed by atoms with Gasteiger partial charge in [-0.25, -0.2) is 8.42 Å². The second-order valence-electron chi connectivity index (χ2n) is 1.63. The monoisotopic (exact) mass is 196 g/mol. The lowest BCUT2D eigenvalue weighted by Gasteiger charge is -1.90. The highest BCUT2D eigenvalue weighted by Gasteiger charge is 2.11. The largest absolute Gasteiger partial charge is 0.280 e. The molecular formula is C4H2ClFN2O2S. The topological polar surface area (TPSA) is 59.9 Å². The van der Waals surface area contributed by atoms with Crippen LogP contribution in [0.25, 0.3) is 0 Å². The van der Waals surface area contributed by atoms with Crippen LogP contribution < -0.4 is 0 Å². The van der Waals surface area contributed by atoms with Gasteiger partial charge < -0.3 is 0 Å². The predicted octanol–water partition coefficient (Wildman–Crippen LogP) is 0.543. The molecular weight excluding hydrogens is 195 g/mol. The molecule has 0 radical (unpaired) electrons. The molecule has 7 heteroatoms. The summed E-state index contributed by atoms with van der Waals surface area (Å²) in [6.45, 7) is 0. The Morgan fingerprint density at radius 1 is 1.36 bits per heavy atom. The van der Waals surface area contributed by atoms with Crippen molar-refractivity contribution in [3.63, 3.8) is 0 Å². The second-order valence-corrected chi connectivity index (χ2v) is 4.14. The molecule has 1 rings (SSSR count). The molecule has 0 amide bonds. The van der Waals surface area contributed by atoms with Gasteiger partial charge in [0.05, 0.1) is 0 Å². The van der Waals surface area contributed by atoms with Crippen molar-refractivity contribution in [2.24, 2.45) is 0 Å². The van der Waals surface area contributed by atoms with Crippen molar-refractivity contribution in [1.29, 1.82) is 0 Å². The quantitative estimate of drug-likeness (QED) is 0.616. The minimum absolute atomic E-state index is 0.458. The van der Waals surface area contributed by atoms with Crippen molar-refractivity contribution in [1.82, 2.24) is 10.2 Å². The van der Waals surface area contributed by atoms with Gasteiger partial charge in [0.1, 0.15) is 0 Å². The van der Waals surface area contributed by atoms with Crippen LogP contribution in [0.4, 0.5) is 4.39 Å². The molecule has 0 unspecified atom stereocenters. The minimum Gasteiger partial charge on any atom is -0.205 e. The van der Waals surface area contributed by atoms with E-state index in [0.717, 1.165) is 12.1 Å². The highest BCUT2D eigenvalue weighted by molar-refractivity contribution is 8.13. The standard InChI is InChI=1S/C4H2ClFN2O2S/c5-11(9,10)4-2-1-3(6)7-8-4/h1-2H. The molecule has 60 valence electrons. The molecule has 0 saturated heterocycles. The number of aromatic nitrogens is 2. The highest BCUT2D eigenvalue weighted by atomic mass is 35.7. The molecule has 0 atom stereocenters. The predicted molar refractivity (Wildman–Crippen MR) is 35.0 cm³/mol. The molecule has 0 aliphatic carbocycles. The maximum absolute atomic E-state index is 12.1. The molecule has 1 heterocycles. The molecule has 0 aliphatic heterocycles. The Morgan fingerprint density at radius 2 is 2.00 bits per heavy atom. The maximum Gasteiger partial charge on any atom is 0.280 e. The van der Waals surface area contributed by atoms with Gasteiger partial charge in [-0.05, 0) is 12.1 Å². The minimum atomic E-state index is -3.89. The molecule has 0 spiro atoms. The first kappa shape index (κ1) is 8.35. The molecule has 0 saturated carbocycles. The van der Waals surface area contributed by atoms with Crippen molar-refractivity contribution >= 4 is 19.7 Å². The number of rotatable bonds is 1. The summed E-state index contributed by atoms with van der Waals surface area (Å²) in [7, 11) is 0.971. The van der Waals surface area contributed by atoms with Crippen molar-refractivity contribution in [3.8, 4) is 0 Å². The molecule has 1 aromatic rings. The maximum atomic E-state index is 12.1. The average Bonchev–Trinajstić information content (AvgIpc) is 1.86. The van der Waals surface area contributed by atoms with Crippen LogP contribution in [0.5, 0.6) is 0 Å². The van der Waals surface area contributed by atoms with Crippen LogP contribution in [0.3, 0.4) is 0 Å². The van der Waals surface area contributed by atoms with Gasteiger partial charge in [-0.2, -0.15) is 4.39 Å². The summed E-state index contributed by atoms with van der Waals surface area (Å²) < 4.78 is 33.0. The number of hydrogen-bond acceptors (Lipinski definition) is 4. The molecule has 1 aromatic heterocycles. The fourth-order valence-electron chi connectivity index (χ4n) is 0.434. The Hall–Kier alpha value is -0.750. The van der Waals surface area contributed by atoms with E-state index in [1.807, 2.05) is 0 Å². The summed E-state index contributed by atoms with van der Waals surface area (Å²) in [5, 5.41) is 5.41. The van der Waals surface area contributed by atoms with Gasteiger partial charge in [-0.3, -0.25) is 0 Å². The summed E-state index contributed by atoms with van der Waals surface area (Å²) in [5.74, 6) is -0.853. The smallest absolute Gasteiger partial charge is 0.205 e. The average molecular weight is 197 g/mol. The molecule has 0 fully saturated rings. The first-order chi connectivity index (χ1) is 5.00. The van der Waals surface area contributed by atoms with E-state index in [2.05, 4.69) is 10.2 Å². The number of hydrogen-bond donors (Lipinski definition) is 0. The molecule has 11 heavy (non-hydrogen) atoms. The van der Waals surface area contributed by atoms with E-state index in [0.29, 0.717) is 0 Å². The van der Waals surface area contributed by atoms with Crippen LogP contribution in [0.2, 0.25) is 0 Å². The third kappa shape index (κ3) is 2.09. The van der Waals surface area contributed by atoms with E-state index < -0.39 is 20.0 Å². The van der Waals surface area contributed by atoms with Crippen LogP contribution in [0.15, 0.2) is 17.2 Å². The van der Waals surface area contributed by atoms with Crippen LogP contribution in [0, 0.1) is 5.95 Å². The summed E-state index contributed by atoms with van der Waals surface area (Å²) >= 11 is 0. The van der Waals surface area contributed by atoms with Crippen molar-refractivity contribution in [3.05, 3.63) is 18.1 Å². The van der Waals surface area contributed by atoms with Crippen LogP contribution >= 0.6 is 10.7 Å². The van der Waals surface area contributed by atoms with E-state index in [-0.39, 0.29) is 0 Å². The lowest BCUT2D eigenvalue weighted by atomic mass is 10.6. The van der Waals surface area contributed by atoms with Crippen LogP contribution in [0.1, 0.15) is 0 Å². The molecule has 0 bridgehead atoms. The van der Waals surface area contributed by atoms with Gasteiger partial charge in [0.15, 0.2) is 5.03 Å². The van der Waals surface area contributed by atoms with Crippen LogP contribution in [-0.2, 0) is 9.05 Å². The fourth-order valence-corrected chi connectivity index (χ4v) is 1.05. The lowest BCUT2D eigenvalue weighted by molar-refractivity contribution is 0.550. The van der Waals surface area contributed by atoms with Gasteiger partial charge >= 0.3 is 0 Å². The Bertz CT molecular complexity index is 349. The van der Waals surface area contributed by atoms with Crippen LogP contribution in [-0.4, -0.2) is 18.6 Å². The van der Waals surface area contributed by atoms with E-state index >= 15 is 0 Å². The first-order valence-electron chi connectivity index (χ1n) is 2.44. The van der Waals surface area contributed by atoms with Gasteiger partial charge in [0, 0.05) is 10.7 Å². The van der Waals surface area contributed by atoms with Crippen molar-refractivity contribution < 1.29 is 12.8 Å². The molecule has 4 nitrogen and oxygen atoms in total. The first-order valence-corrected chi connectivity index (χ1v) is 4.75. The normalized spacial score (nSPS) is 11.5. The van der Waals surface area contributed by atoms with E-state index in [1.54, 1.807) is 0 Å². The van der Waals surface area contributed by atoms with Gasteiger partial charge in [0.25, 0.3) is 9.05 Å². The number of nitrogens with zero attached hydrogens (tertiary/aromatic N) is 2. The highest BCUT2D eigenvalue weighted by Crippen LogP contribution is 2.09. The second kappa shape index (κ2) is 2.71. The third-order valence-corrected chi connectivity index (χ3v) is 2.05. The third-order valence-electron chi connectivity index (χ3n) is 0.857. The Morgan fingerprint density at radius 3 is 2.36 bits per heavy atom. The zero-order valence-electron chi connectivity index (χ0n) is 5.03. The zero-order chi connectivity index (χ0) is 8.48. The van der Waals surface area contributed by atoms with E-state index in [1.165, 1.54) is 0 Å². The van der Waals surface area contributed by atoms with Gasteiger partial charge in [0.2, 0.25) is 5.95 Å². The zero-order valence-corrected chi connectivity index (χ0v) is 6.60. The Kier molecular flexibility index (Phi) is 2.05. The summed E-state index contributed by atoms with van der Waals surface area (Å²) in [6, 6.07) is 1.80. The number of halogens is 2. The van der Waals surface area contributed by atoms with Crippen molar-refractivity contribution in [2.75, 3.05) is 0 Å². The summed E-state index contributed by atoms with van der Waals surface area (Å²) in [4.78, 5) is 0. The summed E-state index contributed by atoms with van der Waals surface area (Å²) in [5.41, 5.74) is 0. The SMILES string of the molecule is O=S(=O)(Cl)c1ccc(F)nn1. The molecule has 0 aromatic carbocycles. The van der Waals surface area contributed by atoms with Gasteiger partial charge in [-0.1, -0.05) is 0 Å². The fraction of sp³-hybridized carbons (Fsp3) is 0. The molecule has 0 N–H and O–H groups in total. The Labute approximate surface area is 66.4 Å². The summed E-state index contributed by atoms with van der Waals surface area (Å²) in [6.07, 6.45) is 0. The van der Waals surface area contributed by atoms with E-state index in [4.69, 9.17) is 10.7 Å². The molecule has 0 aliphatic rings. The Balaban J connectivity index is 3.20.